The Hall–Kier alpha value is -2.14. The van der Waals surface area contributed by atoms with Crippen LogP contribution in [0.2, 0.25) is 0 Å². The predicted molar refractivity (Wildman–Crippen MR) is 73.8 cm³/mol. The van der Waals surface area contributed by atoms with Gasteiger partial charge in [-0.25, -0.2) is 9.67 Å². The van der Waals surface area contributed by atoms with Crippen molar-refractivity contribution in [2.75, 3.05) is 5.73 Å². The Kier molecular flexibility index (Phi) is 2.60. The number of rotatable bonds is 2. The maximum Gasteiger partial charge on any atom is 0.153 e. The van der Waals surface area contributed by atoms with E-state index >= 15 is 0 Å². The molecule has 0 unspecified atom stereocenters. The number of anilines is 1. The van der Waals surface area contributed by atoms with E-state index in [2.05, 4.69) is 10.1 Å². The number of nitrogens with two attached hydrogens (primary N) is 1. The summed E-state index contributed by atoms with van der Waals surface area (Å²) >= 11 is 1.63. The summed E-state index contributed by atoms with van der Waals surface area (Å²) in [5.74, 6) is 0.781. The highest BCUT2D eigenvalue weighted by molar-refractivity contribution is 7.08. The Labute approximate surface area is 109 Å². The van der Waals surface area contributed by atoms with Crippen molar-refractivity contribution in [3.05, 3.63) is 46.9 Å². The maximum absolute atomic E-state index is 6.00. The van der Waals surface area contributed by atoms with Gasteiger partial charge in [0, 0.05) is 17.1 Å². The van der Waals surface area contributed by atoms with Crippen LogP contribution in [0.25, 0.3) is 17.1 Å². The second-order valence-electron chi connectivity index (χ2n) is 4.08. The van der Waals surface area contributed by atoms with Crippen LogP contribution in [0.4, 0.5) is 5.69 Å². The van der Waals surface area contributed by atoms with E-state index in [1.54, 1.807) is 28.4 Å². The lowest BCUT2D eigenvalue weighted by molar-refractivity contribution is 0.848. The number of hydrogen-bond acceptors (Lipinski definition) is 4. The summed E-state index contributed by atoms with van der Waals surface area (Å²) in [4.78, 5) is 4.29. The van der Waals surface area contributed by atoms with Crippen LogP contribution in [-0.4, -0.2) is 14.8 Å². The molecule has 18 heavy (non-hydrogen) atoms. The SMILES string of the molecule is Cc1ccnc(-n2cc(N)c(-c3ccsc3)n2)c1. The second-order valence-corrected chi connectivity index (χ2v) is 4.86. The van der Waals surface area contributed by atoms with E-state index in [0.717, 1.165) is 22.6 Å². The number of aryl methyl sites for hydroxylation is 1. The van der Waals surface area contributed by atoms with E-state index in [4.69, 9.17) is 5.73 Å². The summed E-state index contributed by atoms with van der Waals surface area (Å²) in [5, 5.41) is 8.55. The van der Waals surface area contributed by atoms with Crippen molar-refractivity contribution in [1.82, 2.24) is 14.8 Å². The Bertz CT molecular complexity index is 670. The first-order valence-electron chi connectivity index (χ1n) is 5.55. The van der Waals surface area contributed by atoms with E-state index in [0.29, 0.717) is 5.69 Å². The molecule has 0 spiro atoms. The molecule has 3 aromatic rings. The van der Waals surface area contributed by atoms with Crippen LogP contribution in [0.15, 0.2) is 41.4 Å². The molecule has 2 N–H and O–H groups in total. The number of nitrogens with zero attached hydrogens (tertiary/aromatic N) is 3. The zero-order valence-electron chi connectivity index (χ0n) is 9.87. The summed E-state index contributed by atoms with van der Waals surface area (Å²) < 4.78 is 1.72. The largest absolute Gasteiger partial charge is 0.396 e. The average Bonchev–Trinajstić information content (AvgIpc) is 2.97. The quantitative estimate of drug-likeness (QED) is 0.767. The van der Waals surface area contributed by atoms with Crippen molar-refractivity contribution in [2.45, 2.75) is 6.92 Å². The van der Waals surface area contributed by atoms with E-state index in [-0.39, 0.29) is 0 Å². The monoisotopic (exact) mass is 256 g/mol. The topological polar surface area (TPSA) is 56.7 Å². The highest BCUT2D eigenvalue weighted by Crippen LogP contribution is 2.26. The van der Waals surface area contributed by atoms with Crippen molar-refractivity contribution in [3.8, 4) is 17.1 Å². The van der Waals surface area contributed by atoms with Crippen LogP contribution in [0, 0.1) is 6.92 Å². The minimum atomic E-state index is 0.664. The van der Waals surface area contributed by atoms with Gasteiger partial charge in [0.15, 0.2) is 5.82 Å². The first-order chi connectivity index (χ1) is 8.74. The molecule has 3 heterocycles. The number of nitrogen functional groups attached to an aromatic ring is 1. The molecule has 3 aromatic heterocycles. The lowest BCUT2D eigenvalue weighted by Crippen LogP contribution is -1.98. The van der Waals surface area contributed by atoms with Crippen LogP contribution in [-0.2, 0) is 0 Å². The minimum absolute atomic E-state index is 0.664. The van der Waals surface area contributed by atoms with E-state index in [9.17, 15) is 0 Å². The molecule has 0 saturated carbocycles. The van der Waals surface area contributed by atoms with Gasteiger partial charge in [-0.05, 0) is 36.1 Å². The van der Waals surface area contributed by atoms with Gasteiger partial charge in [-0.15, -0.1) is 0 Å². The first kappa shape index (κ1) is 11.0. The van der Waals surface area contributed by atoms with Gasteiger partial charge < -0.3 is 5.73 Å². The van der Waals surface area contributed by atoms with Gasteiger partial charge in [-0.1, -0.05) is 0 Å². The fourth-order valence-electron chi connectivity index (χ4n) is 1.77. The zero-order chi connectivity index (χ0) is 12.5. The summed E-state index contributed by atoms with van der Waals surface area (Å²) in [6.45, 7) is 2.03. The normalized spacial score (nSPS) is 10.7. The molecule has 0 atom stereocenters. The Morgan fingerprint density at radius 2 is 2.22 bits per heavy atom. The van der Waals surface area contributed by atoms with E-state index in [1.165, 1.54) is 0 Å². The smallest absolute Gasteiger partial charge is 0.153 e. The molecule has 0 saturated heterocycles. The van der Waals surface area contributed by atoms with Crippen LogP contribution < -0.4 is 5.73 Å². The molecule has 0 radical (unpaired) electrons. The van der Waals surface area contributed by atoms with Crippen LogP contribution >= 0.6 is 11.3 Å². The molecular weight excluding hydrogens is 244 g/mol. The van der Waals surface area contributed by atoms with E-state index in [1.807, 2.05) is 35.9 Å². The van der Waals surface area contributed by atoms with Gasteiger partial charge in [0.2, 0.25) is 0 Å². The standard InChI is InChI=1S/C13H12N4S/c1-9-2-4-15-12(6-9)17-7-11(14)13(16-17)10-3-5-18-8-10/h2-8H,14H2,1H3. The summed E-state index contributed by atoms with van der Waals surface area (Å²) in [6.07, 6.45) is 3.57. The molecule has 0 amide bonds. The van der Waals surface area contributed by atoms with Crippen molar-refractivity contribution in [2.24, 2.45) is 0 Å². The third-order valence-corrected chi connectivity index (χ3v) is 3.36. The van der Waals surface area contributed by atoms with Gasteiger partial charge in [0.05, 0.1) is 11.9 Å². The molecule has 0 aromatic carbocycles. The molecule has 90 valence electrons. The first-order valence-corrected chi connectivity index (χ1v) is 6.49. The third-order valence-electron chi connectivity index (χ3n) is 2.67. The van der Waals surface area contributed by atoms with Crippen molar-refractivity contribution in [1.29, 1.82) is 0 Å². The van der Waals surface area contributed by atoms with Gasteiger partial charge >= 0.3 is 0 Å². The van der Waals surface area contributed by atoms with Gasteiger partial charge in [0.1, 0.15) is 5.69 Å². The second kappa shape index (κ2) is 4.27. The number of aromatic nitrogens is 3. The van der Waals surface area contributed by atoms with Crippen LogP contribution in [0.5, 0.6) is 0 Å². The van der Waals surface area contributed by atoms with Crippen molar-refractivity contribution >= 4 is 17.0 Å². The molecule has 3 rings (SSSR count). The highest BCUT2D eigenvalue weighted by Gasteiger charge is 2.10. The highest BCUT2D eigenvalue weighted by atomic mass is 32.1. The third kappa shape index (κ3) is 1.89. The molecule has 4 nitrogen and oxygen atoms in total. The van der Waals surface area contributed by atoms with Gasteiger partial charge in [0.25, 0.3) is 0 Å². The molecule has 0 bridgehead atoms. The lowest BCUT2D eigenvalue weighted by atomic mass is 10.2. The maximum atomic E-state index is 6.00. The Balaban J connectivity index is 2.08. The minimum Gasteiger partial charge on any atom is -0.396 e. The molecule has 0 aliphatic rings. The lowest BCUT2D eigenvalue weighted by Gasteiger charge is -2.00. The number of thiophene rings is 1. The molecule has 0 aliphatic heterocycles. The predicted octanol–water partition coefficient (Wildman–Crippen LogP) is 2.89. The number of hydrogen-bond donors (Lipinski definition) is 1. The fourth-order valence-corrected chi connectivity index (χ4v) is 2.41. The average molecular weight is 256 g/mol. The van der Waals surface area contributed by atoms with Gasteiger partial charge in [-0.3, -0.25) is 0 Å². The van der Waals surface area contributed by atoms with Crippen LogP contribution in [0.1, 0.15) is 5.56 Å². The Morgan fingerprint density at radius 3 is 2.94 bits per heavy atom. The zero-order valence-corrected chi connectivity index (χ0v) is 10.7. The Morgan fingerprint density at radius 1 is 1.33 bits per heavy atom. The van der Waals surface area contributed by atoms with Crippen LogP contribution in [0.3, 0.4) is 0 Å². The fraction of sp³-hybridized carbons (Fsp3) is 0.0769. The summed E-state index contributed by atoms with van der Waals surface area (Å²) in [7, 11) is 0. The molecular formula is C13H12N4S. The molecule has 0 aliphatic carbocycles. The van der Waals surface area contributed by atoms with Gasteiger partial charge in [-0.2, -0.15) is 16.4 Å². The summed E-state index contributed by atoms with van der Waals surface area (Å²) in [5.41, 5.74) is 9.66. The summed E-state index contributed by atoms with van der Waals surface area (Å²) in [6, 6.07) is 5.94. The molecule has 5 heteroatoms. The van der Waals surface area contributed by atoms with E-state index < -0.39 is 0 Å². The number of pyridine rings is 1. The molecule has 0 fully saturated rings. The van der Waals surface area contributed by atoms with Crippen molar-refractivity contribution < 1.29 is 0 Å². The van der Waals surface area contributed by atoms with Crippen molar-refractivity contribution in [3.63, 3.8) is 0 Å².